The monoisotopic (exact) mass is 239 g/mol. The van der Waals surface area contributed by atoms with E-state index in [2.05, 4.69) is 50.8 Å². The zero-order valence-electron chi connectivity index (χ0n) is 10.8. The van der Waals surface area contributed by atoms with E-state index in [1.165, 1.54) is 23.2 Å². The van der Waals surface area contributed by atoms with Gasteiger partial charge in [0.2, 0.25) is 0 Å². The van der Waals surface area contributed by atoms with Crippen LogP contribution in [0.3, 0.4) is 0 Å². The summed E-state index contributed by atoms with van der Waals surface area (Å²) in [5.41, 5.74) is 3.86. The molecule has 90 valence electrons. The second kappa shape index (κ2) is 6.15. The molecule has 16 heavy (non-hydrogen) atoms. The van der Waals surface area contributed by atoms with Gasteiger partial charge in [-0.3, -0.25) is 0 Å². The number of aryl methyl sites for hydroxylation is 1. The maximum Gasteiger partial charge on any atom is 0.0474 e. The topological polar surface area (TPSA) is 3.24 Å². The summed E-state index contributed by atoms with van der Waals surface area (Å²) in [6, 6.07) is 7.05. The summed E-state index contributed by atoms with van der Waals surface area (Å²) >= 11 is 5.84. The van der Waals surface area contributed by atoms with Gasteiger partial charge in [0.25, 0.3) is 0 Å². The van der Waals surface area contributed by atoms with E-state index in [1.54, 1.807) is 0 Å². The minimum Gasteiger partial charge on any atom is -0.369 e. The molecule has 0 radical (unpaired) electrons. The van der Waals surface area contributed by atoms with E-state index in [0.717, 1.165) is 6.54 Å². The van der Waals surface area contributed by atoms with Crippen LogP contribution in [0.15, 0.2) is 18.2 Å². The Hall–Kier alpha value is -0.690. The summed E-state index contributed by atoms with van der Waals surface area (Å²) in [6.07, 6.45) is 1.18. The molecule has 1 aromatic rings. The lowest BCUT2D eigenvalue weighted by atomic mass is 10.1. The molecule has 2 heteroatoms. The van der Waals surface area contributed by atoms with Crippen molar-refractivity contribution in [2.45, 2.75) is 46.0 Å². The predicted molar refractivity (Wildman–Crippen MR) is 73.5 cm³/mol. The Morgan fingerprint density at radius 3 is 2.44 bits per heavy atom. The molecule has 0 amide bonds. The Labute approximate surface area is 104 Å². The molecule has 0 saturated heterocycles. The van der Waals surface area contributed by atoms with Crippen LogP contribution in [0.25, 0.3) is 0 Å². The molecule has 0 atom stereocenters. The highest BCUT2D eigenvalue weighted by molar-refractivity contribution is 6.17. The van der Waals surface area contributed by atoms with Crippen molar-refractivity contribution in [2.24, 2.45) is 0 Å². The Bertz CT molecular complexity index is 334. The van der Waals surface area contributed by atoms with Crippen LogP contribution in [0.1, 0.15) is 38.3 Å². The third kappa shape index (κ3) is 3.15. The minimum atomic E-state index is 0.542. The van der Waals surface area contributed by atoms with Crippen LogP contribution in [-0.2, 0) is 5.88 Å². The molecule has 0 fully saturated rings. The minimum absolute atomic E-state index is 0.542. The van der Waals surface area contributed by atoms with Crippen LogP contribution in [0.5, 0.6) is 0 Å². The van der Waals surface area contributed by atoms with Crippen LogP contribution in [0, 0.1) is 6.92 Å². The molecule has 0 aromatic heterocycles. The van der Waals surface area contributed by atoms with Gasteiger partial charge in [-0.15, -0.1) is 11.6 Å². The van der Waals surface area contributed by atoms with E-state index < -0.39 is 0 Å². The smallest absolute Gasteiger partial charge is 0.0474 e. The highest BCUT2D eigenvalue weighted by Crippen LogP contribution is 2.24. The Morgan fingerprint density at radius 2 is 2.00 bits per heavy atom. The number of hydrogen-bond acceptors (Lipinski definition) is 1. The van der Waals surface area contributed by atoms with Gasteiger partial charge in [-0.05, 0) is 44.4 Å². The van der Waals surface area contributed by atoms with Crippen LogP contribution < -0.4 is 4.90 Å². The summed E-state index contributed by atoms with van der Waals surface area (Å²) in [6.45, 7) is 9.97. The average molecular weight is 240 g/mol. The molecule has 0 aliphatic heterocycles. The van der Waals surface area contributed by atoms with E-state index in [9.17, 15) is 0 Å². The highest BCUT2D eigenvalue weighted by atomic mass is 35.5. The first-order valence-electron chi connectivity index (χ1n) is 6.02. The lowest BCUT2D eigenvalue weighted by molar-refractivity contribution is 0.669. The zero-order chi connectivity index (χ0) is 12.1. The highest BCUT2D eigenvalue weighted by Gasteiger charge is 2.11. The van der Waals surface area contributed by atoms with Crippen LogP contribution in [-0.4, -0.2) is 12.6 Å². The quantitative estimate of drug-likeness (QED) is 0.691. The molecule has 0 N–H and O–H groups in total. The van der Waals surface area contributed by atoms with Gasteiger partial charge in [0.15, 0.2) is 0 Å². The molecule has 1 nitrogen and oxygen atoms in total. The van der Waals surface area contributed by atoms with Crippen molar-refractivity contribution in [3.8, 4) is 0 Å². The number of nitrogens with zero attached hydrogens (tertiary/aromatic N) is 1. The van der Waals surface area contributed by atoms with E-state index in [-0.39, 0.29) is 0 Å². The number of benzene rings is 1. The molecule has 0 saturated carbocycles. The van der Waals surface area contributed by atoms with E-state index in [0.29, 0.717) is 11.9 Å². The molecule has 1 aromatic carbocycles. The first kappa shape index (κ1) is 13.4. The SMILES string of the molecule is CCCN(c1ccc(CCl)cc1C)C(C)C. The fourth-order valence-electron chi connectivity index (χ4n) is 2.02. The zero-order valence-corrected chi connectivity index (χ0v) is 11.5. The fourth-order valence-corrected chi connectivity index (χ4v) is 2.19. The largest absolute Gasteiger partial charge is 0.369 e. The standard InChI is InChI=1S/C14H22ClN/c1-5-8-16(11(2)3)14-7-6-13(10-15)9-12(14)4/h6-7,9,11H,5,8,10H2,1-4H3. The fraction of sp³-hybridized carbons (Fsp3) is 0.571. The Morgan fingerprint density at radius 1 is 1.31 bits per heavy atom. The summed E-state index contributed by atoms with van der Waals surface area (Å²) < 4.78 is 0. The van der Waals surface area contributed by atoms with Gasteiger partial charge in [0, 0.05) is 24.2 Å². The van der Waals surface area contributed by atoms with Gasteiger partial charge < -0.3 is 4.90 Å². The van der Waals surface area contributed by atoms with Crippen molar-refractivity contribution in [3.05, 3.63) is 29.3 Å². The van der Waals surface area contributed by atoms with Crippen molar-refractivity contribution < 1.29 is 0 Å². The summed E-state index contributed by atoms with van der Waals surface area (Å²) in [7, 11) is 0. The number of rotatable bonds is 5. The second-order valence-electron chi connectivity index (χ2n) is 4.54. The molecular formula is C14H22ClN. The van der Waals surface area contributed by atoms with E-state index in [4.69, 9.17) is 11.6 Å². The summed E-state index contributed by atoms with van der Waals surface area (Å²) in [5.74, 6) is 0.594. The second-order valence-corrected chi connectivity index (χ2v) is 4.81. The van der Waals surface area contributed by atoms with Crippen LogP contribution in [0.4, 0.5) is 5.69 Å². The number of halogens is 1. The molecule has 0 heterocycles. The van der Waals surface area contributed by atoms with Gasteiger partial charge >= 0.3 is 0 Å². The number of anilines is 1. The third-order valence-electron chi connectivity index (χ3n) is 2.81. The summed E-state index contributed by atoms with van der Waals surface area (Å²) in [4.78, 5) is 2.45. The van der Waals surface area contributed by atoms with Gasteiger partial charge in [-0.25, -0.2) is 0 Å². The van der Waals surface area contributed by atoms with Crippen molar-refractivity contribution in [1.82, 2.24) is 0 Å². The van der Waals surface area contributed by atoms with E-state index >= 15 is 0 Å². The first-order valence-corrected chi connectivity index (χ1v) is 6.55. The van der Waals surface area contributed by atoms with Crippen molar-refractivity contribution >= 4 is 17.3 Å². The molecule has 0 unspecified atom stereocenters. The molecule has 1 rings (SSSR count). The molecule has 0 aliphatic carbocycles. The number of hydrogen-bond donors (Lipinski definition) is 0. The number of alkyl halides is 1. The van der Waals surface area contributed by atoms with Crippen molar-refractivity contribution in [1.29, 1.82) is 0 Å². The van der Waals surface area contributed by atoms with Gasteiger partial charge in [0.05, 0.1) is 0 Å². The normalized spacial score (nSPS) is 10.9. The Balaban J connectivity index is 3.00. The van der Waals surface area contributed by atoms with Gasteiger partial charge in [-0.2, -0.15) is 0 Å². The lowest BCUT2D eigenvalue weighted by Gasteiger charge is -2.30. The maximum atomic E-state index is 5.84. The summed E-state index contributed by atoms with van der Waals surface area (Å²) in [5, 5.41) is 0. The lowest BCUT2D eigenvalue weighted by Crippen LogP contribution is -2.32. The maximum absolute atomic E-state index is 5.84. The van der Waals surface area contributed by atoms with Crippen molar-refractivity contribution in [2.75, 3.05) is 11.4 Å². The van der Waals surface area contributed by atoms with Crippen LogP contribution in [0.2, 0.25) is 0 Å². The first-order chi connectivity index (χ1) is 7.60. The average Bonchev–Trinajstić information content (AvgIpc) is 2.26. The van der Waals surface area contributed by atoms with Crippen LogP contribution >= 0.6 is 11.6 Å². The molecule has 0 aliphatic rings. The molecular weight excluding hydrogens is 218 g/mol. The van der Waals surface area contributed by atoms with Gasteiger partial charge in [-0.1, -0.05) is 19.1 Å². The molecule has 0 spiro atoms. The molecule has 0 bridgehead atoms. The Kier molecular flexibility index (Phi) is 5.14. The predicted octanol–water partition coefficient (Wildman–Crippen LogP) is 4.36. The van der Waals surface area contributed by atoms with E-state index in [1.807, 2.05) is 0 Å². The van der Waals surface area contributed by atoms with Crippen molar-refractivity contribution in [3.63, 3.8) is 0 Å². The third-order valence-corrected chi connectivity index (χ3v) is 3.12. The van der Waals surface area contributed by atoms with Gasteiger partial charge in [0.1, 0.15) is 0 Å².